The Morgan fingerprint density at radius 3 is 2.56 bits per heavy atom. The van der Waals surface area contributed by atoms with Gasteiger partial charge in [-0.05, 0) is 70.9 Å². The number of amides is 1. The fraction of sp³-hybridized carbons (Fsp3) is 0.579. The molecule has 1 fully saturated rings. The van der Waals surface area contributed by atoms with E-state index in [-0.39, 0.29) is 24.2 Å². The highest BCUT2D eigenvalue weighted by atomic mass is 35.5. The third kappa shape index (κ3) is 4.33. The van der Waals surface area contributed by atoms with Crippen molar-refractivity contribution in [3.8, 4) is 0 Å². The van der Waals surface area contributed by atoms with Gasteiger partial charge in [0.05, 0.1) is 10.2 Å². The molecule has 0 aliphatic heterocycles. The number of anilines is 1. The number of thiazole rings is 1. The van der Waals surface area contributed by atoms with Crippen molar-refractivity contribution >= 4 is 45.0 Å². The summed E-state index contributed by atoms with van der Waals surface area (Å²) in [6.07, 6.45) is 4.22. The first-order chi connectivity index (χ1) is 11.5. The van der Waals surface area contributed by atoms with Gasteiger partial charge in [0.15, 0.2) is 5.13 Å². The van der Waals surface area contributed by atoms with Crippen molar-refractivity contribution < 1.29 is 4.79 Å². The topological polar surface area (TPSA) is 36.4 Å². The molecule has 0 spiro atoms. The fourth-order valence-corrected chi connectivity index (χ4v) is 4.11. The molecule has 0 bridgehead atoms. The number of rotatable bonds is 6. The molecular formula is C19H28ClN3OS. The van der Waals surface area contributed by atoms with E-state index in [0.29, 0.717) is 0 Å². The number of nitrogens with zero attached hydrogens (tertiary/aromatic N) is 3. The molecule has 0 atom stereocenters. The van der Waals surface area contributed by atoms with Crippen molar-refractivity contribution in [2.24, 2.45) is 5.92 Å². The number of benzene rings is 1. The molecule has 0 unspecified atom stereocenters. The molecule has 1 aliphatic carbocycles. The van der Waals surface area contributed by atoms with Gasteiger partial charge >= 0.3 is 0 Å². The maximum absolute atomic E-state index is 12.9. The molecule has 1 saturated carbocycles. The molecular weight excluding hydrogens is 354 g/mol. The second kappa shape index (κ2) is 8.47. The van der Waals surface area contributed by atoms with Gasteiger partial charge in [0.1, 0.15) is 0 Å². The van der Waals surface area contributed by atoms with Crippen LogP contribution in [0.1, 0.15) is 36.8 Å². The number of hydrogen-bond donors (Lipinski definition) is 0. The van der Waals surface area contributed by atoms with Crippen molar-refractivity contribution in [1.82, 2.24) is 9.88 Å². The summed E-state index contributed by atoms with van der Waals surface area (Å²) in [5.41, 5.74) is 3.53. The Labute approximate surface area is 160 Å². The molecule has 25 heavy (non-hydrogen) atoms. The van der Waals surface area contributed by atoms with Crippen molar-refractivity contribution in [1.29, 1.82) is 0 Å². The van der Waals surface area contributed by atoms with Gasteiger partial charge in [-0.3, -0.25) is 9.69 Å². The summed E-state index contributed by atoms with van der Waals surface area (Å²) in [6, 6.07) is 4.27. The summed E-state index contributed by atoms with van der Waals surface area (Å²) in [5, 5.41) is 0.870. The average Bonchev–Trinajstić information content (AvgIpc) is 2.90. The van der Waals surface area contributed by atoms with Gasteiger partial charge in [0.25, 0.3) is 0 Å². The molecule has 1 heterocycles. The molecule has 0 saturated heterocycles. The monoisotopic (exact) mass is 381 g/mol. The number of carbonyl (C=O) groups is 1. The van der Waals surface area contributed by atoms with Crippen LogP contribution in [0.15, 0.2) is 12.1 Å². The summed E-state index contributed by atoms with van der Waals surface area (Å²) in [5.74, 6) is 0.479. The largest absolute Gasteiger partial charge is 0.309 e. The van der Waals surface area contributed by atoms with Crippen molar-refractivity contribution in [3.63, 3.8) is 0 Å². The molecule has 1 aromatic carbocycles. The molecule has 1 amide bonds. The van der Waals surface area contributed by atoms with E-state index in [9.17, 15) is 4.79 Å². The van der Waals surface area contributed by atoms with E-state index in [0.717, 1.165) is 43.0 Å². The molecule has 4 nitrogen and oxygen atoms in total. The van der Waals surface area contributed by atoms with E-state index >= 15 is 0 Å². The summed E-state index contributed by atoms with van der Waals surface area (Å²) in [7, 11) is 4.14. The van der Waals surface area contributed by atoms with Crippen LogP contribution in [0, 0.1) is 19.8 Å². The van der Waals surface area contributed by atoms with Crippen LogP contribution in [0.3, 0.4) is 0 Å². The SMILES string of the molecule is Cc1ccc2sc(N(CCCN(C)C)C(=O)C3CCC3)nc2c1C.Cl. The molecule has 2 aromatic rings. The highest BCUT2D eigenvalue weighted by Crippen LogP contribution is 2.35. The highest BCUT2D eigenvalue weighted by molar-refractivity contribution is 7.22. The van der Waals surface area contributed by atoms with E-state index in [1.165, 1.54) is 22.2 Å². The minimum absolute atomic E-state index is 0. The molecule has 6 heteroatoms. The van der Waals surface area contributed by atoms with E-state index in [2.05, 4.69) is 45.0 Å². The fourth-order valence-electron chi connectivity index (χ4n) is 3.05. The predicted molar refractivity (Wildman–Crippen MR) is 109 cm³/mol. The van der Waals surface area contributed by atoms with Crippen molar-refractivity contribution in [2.75, 3.05) is 32.1 Å². The van der Waals surface area contributed by atoms with Crippen LogP contribution in [-0.2, 0) is 4.79 Å². The minimum atomic E-state index is 0. The zero-order valence-electron chi connectivity index (χ0n) is 15.5. The number of fused-ring (bicyclic) bond motifs is 1. The van der Waals surface area contributed by atoms with Crippen LogP contribution >= 0.6 is 23.7 Å². The van der Waals surface area contributed by atoms with Crippen molar-refractivity contribution in [2.45, 2.75) is 39.5 Å². The predicted octanol–water partition coefficient (Wildman–Crippen LogP) is 4.42. The van der Waals surface area contributed by atoms with Gasteiger partial charge < -0.3 is 4.90 Å². The van der Waals surface area contributed by atoms with Crippen molar-refractivity contribution in [3.05, 3.63) is 23.3 Å². The van der Waals surface area contributed by atoms with Gasteiger partial charge in [-0.1, -0.05) is 23.8 Å². The third-order valence-electron chi connectivity index (χ3n) is 5.01. The Balaban J connectivity index is 0.00000225. The van der Waals surface area contributed by atoms with E-state index < -0.39 is 0 Å². The lowest BCUT2D eigenvalue weighted by atomic mass is 9.84. The van der Waals surface area contributed by atoms with Crippen LogP contribution in [0.2, 0.25) is 0 Å². The van der Waals surface area contributed by atoms with Gasteiger partial charge in [0.2, 0.25) is 5.91 Å². The molecule has 1 aromatic heterocycles. The lowest BCUT2D eigenvalue weighted by Gasteiger charge is -2.30. The normalized spacial score (nSPS) is 14.4. The van der Waals surface area contributed by atoms with Crippen LogP contribution in [0.5, 0.6) is 0 Å². The van der Waals surface area contributed by atoms with Crippen LogP contribution in [0.4, 0.5) is 5.13 Å². The maximum atomic E-state index is 12.9. The van der Waals surface area contributed by atoms with Crippen LogP contribution in [0.25, 0.3) is 10.2 Å². The van der Waals surface area contributed by atoms with Crippen LogP contribution in [-0.4, -0.2) is 43.0 Å². The van der Waals surface area contributed by atoms with Gasteiger partial charge in [0, 0.05) is 12.5 Å². The summed E-state index contributed by atoms with van der Waals surface area (Å²) >= 11 is 1.65. The standard InChI is InChI=1S/C19H27N3OS.ClH/c1-13-9-10-16-17(14(13)2)20-19(24-16)22(12-6-11-21(3)4)18(23)15-7-5-8-15;/h9-10,15H,5-8,11-12H2,1-4H3;1H. The number of halogens is 1. The Hall–Kier alpha value is -1.17. The average molecular weight is 382 g/mol. The molecule has 3 rings (SSSR count). The van der Waals surface area contributed by atoms with Crippen LogP contribution < -0.4 is 4.90 Å². The van der Waals surface area contributed by atoms with E-state index in [1.54, 1.807) is 11.3 Å². The Bertz CT molecular complexity index is 740. The summed E-state index contributed by atoms with van der Waals surface area (Å²) < 4.78 is 1.17. The number of carbonyl (C=O) groups excluding carboxylic acids is 1. The molecule has 0 N–H and O–H groups in total. The Kier molecular flexibility index (Phi) is 6.83. The minimum Gasteiger partial charge on any atom is -0.309 e. The Morgan fingerprint density at radius 1 is 1.24 bits per heavy atom. The second-order valence-electron chi connectivity index (χ2n) is 7.13. The zero-order valence-corrected chi connectivity index (χ0v) is 17.2. The summed E-state index contributed by atoms with van der Waals surface area (Å²) in [6.45, 7) is 5.97. The first-order valence-electron chi connectivity index (χ1n) is 8.80. The van der Waals surface area contributed by atoms with Gasteiger partial charge in [-0.15, -0.1) is 12.4 Å². The summed E-state index contributed by atoms with van der Waals surface area (Å²) in [4.78, 5) is 21.9. The number of hydrogen-bond acceptors (Lipinski definition) is 4. The molecule has 138 valence electrons. The first kappa shape index (κ1) is 20.1. The zero-order chi connectivity index (χ0) is 17.3. The number of aryl methyl sites for hydroxylation is 2. The van der Waals surface area contributed by atoms with Gasteiger partial charge in [-0.2, -0.15) is 0 Å². The highest BCUT2D eigenvalue weighted by Gasteiger charge is 2.31. The lowest BCUT2D eigenvalue weighted by Crippen LogP contribution is -2.40. The smallest absolute Gasteiger partial charge is 0.231 e. The van der Waals surface area contributed by atoms with E-state index in [1.807, 2.05) is 4.90 Å². The second-order valence-corrected chi connectivity index (χ2v) is 8.13. The Morgan fingerprint density at radius 2 is 1.96 bits per heavy atom. The quantitative estimate of drug-likeness (QED) is 0.743. The third-order valence-corrected chi connectivity index (χ3v) is 6.06. The lowest BCUT2D eigenvalue weighted by molar-refractivity contribution is -0.124. The maximum Gasteiger partial charge on any atom is 0.231 e. The molecule has 0 radical (unpaired) electrons. The van der Waals surface area contributed by atoms with Gasteiger partial charge in [-0.25, -0.2) is 4.98 Å². The number of aromatic nitrogens is 1. The first-order valence-corrected chi connectivity index (χ1v) is 9.62. The van der Waals surface area contributed by atoms with E-state index in [4.69, 9.17) is 4.98 Å². The molecule has 1 aliphatic rings.